The maximum atomic E-state index is 9.98. The third-order valence-electron chi connectivity index (χ3n) is 1.60. The van der Waals surface area contributed by atoms with Crippen LogP contribution < -0.4 is 0 Å². The Balaban J connectivity index is 4.45. The Morgan fingerprint density at radius 1 is 1.07 bits per heavy atom. The van der Waals surface area contributed by atoms with Gasteiger partial charge in [0, 0.05) is 0 Å². The van der Waals surface area contributed by atoms with E-state index in [2.05, 4.69) is 0 Å². The van der Waals surface area contributed by atoms with Gasteiger partial charge in [-0.1, -0.05) is 0 Å². The van der Waals surface area contributed by atoms with Crippen molar-refractivity contribution < 1.29 is 35.4 Å². The van der Waals surface area contributed by atoms with Crippen molar-refractivity contribution in [1.29, 1.82) is 0 Å². The quantitative estimate of drug-likeness (QED) is 0.218. The number of aliphatic hydroxyl groups is 6. The lowest BCUT2D eigenvalue weighted by Crippen LogP contribution is -2.45. The highest BCUT2D eigenvalue weighted by molar-refractivity contribution is 5.56. The van der Waals surface area contributed by atoms with Gasteiger partial charge in [-0.3, -0.25) is 0 Å². The maximum absolute atomic E-state index is 9.98. The molecule has 0 fully saturated rings. The monoisotopic (exact) mass is 208 g/mol. The van der Waals surface area contributed by atoms with E-state index in [1.165, 1.54) is 0 Å². The molecule has 0 aromatic heterocycles. The zero-order valence-electron chi connectivity index (χ0n) is 7.06. The second-order valence-electron chi connectivity index (χ2n) is 2.61. The van der Waals surface area contributed by atoms with Crippen molar-refractivity contribution >= 4 is 6.29 Å². The zero-order chi connectivity index (χ0) is 11.3. The molecule has 0 saturated carbocycles. The van der Waals surface area contributed by atoms with Crippen LogP contribution in [0.5, 0.6) is 0 Å². The maximum Gasteiger partial charge on any atom is 0.158 e. The molecule has 0 rings (SSSR count). The van der Waals surface area contributed by atoms with Crippen LogP contribution >= 0.6 is 0 Å². The van der Waals surface area contributed by atoms with Gasteiger partial charge in [-0.2, -0.15) is 0 Å². The second-order valence-corrected chi connectivity index (χ2v) is 2.61. The molecule has 82 valence electrons. The zero-order valence-corrected chi connectivity index (χ0v) is 7.06. The van der Waals surface area contributed by atoms with Crippen molar-refractivity contribution in [2.75, 3.05) is 0 Å². The van der Waals surface area contributed by atoms with Gasteiger partial charge in [0.25, 0.3) is 0 Å². The van der Waals surface area contributed by atoms with Crippen LogP contribution in [0, 0.1) is 0 Å². The molecule has 0 radical (unpaired) electrons. The van der Waals surface area contributed by atoms with Crippen molar-refractivity contribution in [3.8, 4) is 0 Å². The molecule has 6 N–H and O–H groups in total. The van der Waals surface area contributed by atoms with Crippen LogP contribution in [-0.4, -0.2) is 61.3 Å². The number of carbonyl (C=O) groups excluding carboxylic acids is 1. The summed E-state index contributed by atoms with van der Waals surface area (Å²) in [6.45, 7) is 0. The lowest BCUT2D eigenvalue weighted by Gasteiger charge is -2.23. The molecule has 0 aliphatic heterocycles. The van der Waals surface area contributed by atoms with Crippen LogP contribution in [-0.2, 0) is 4.79 Å². The topological polar surface area (TPSA) is 138 Å². The minimum Gasteiger partial charge on any atom is -0.512 e. The third kappa shape index (κ3) is 2.96. The molecule has 0 amide bonds. The van der Waals surface area contributed by atoms with Gasteiger partial charge in [-0.05, 0) is 0 Å². The lowest BCUT2D eigenvalue weighted by molar-refractivity contribution is -0.133. The first kappa shape index (κ1) is 12.8. The summed E-state index contributed by atoms with van der Waals surface area (Å²) in [5.41, 5.74) is 0. The first-order chi connectivity index (χ1) is 6.45. The Morgan fingerprint density at radius 2 is 1.57 bits per heavy atom. The van der Waals surface area contributed by atoms with Crippen molar-refractivity contribution in [1.82, 2.24) is 0 Å². The minimum atomic E-state index is -1.99. The summed E-state index contributed by atoms with van der Waals surface area (Å²) in [7, 11) is 0. The standard InChI is InChI=1S/C7H12O7/c8-1-3(10)5(12)7(14)6(13)4(11)2-9/h1-3,5-7,9-14H/b4-2+/t3-,5-,6+,7+/m0/s1. The van der Waals surface area contributed by atoms with E-state index >= 15 is 0 Å². The minimum absolute atomic E-state index is 0.0414. The van der Waals surface area contributed by atoms with E-state index in [0.717, 1.165) is 0 Å². The molecule has 7 nitrogen and oxygen atoms in total. The molecular formula is C7H12O7. The molecule has 14 heavy (non-hydrogen) atoms. The number of hydrogen-bond donors (Lipinski definition) is 6. The predicted molar refractivity (Wildman–Crippen MR) is 43.4 cm³/mol. The normalized spacial score (nSPS) is 21.0. The summed E-state index contributed by atoms with van der Waals surface area (Å²) < 4.78 is 0. The molecule has 0 spiro atoms. The smallest absolute Gasteiger partial charge is 0.158 e. The highest BCUT2D eigenvalue weighted by Gasteiger charge is 2.32. The van der Waals surface area contributed by atoms with Gasteiger partial charge < -0.3 is 35.4 Å². The van der Waals surface area contributed by atoms with Gasteiger partial charge in [0.1, 0.15) is 30.7 Å². The van der Waals surface area contributed by atoms with Gasteiger partial charge >= 0.3 is 0 Å². The summed E-state index contributed by atoms with van der Waals surface area (Å²) in [4.78, 5) is 9.98. The van der Waals surface area contributed by atoms with E-state index in [1.807, 2.05) is 0 Å². The molecule has 0 bridgehead atoms. The summed E-state index contributed by atoms with van der Waals surface area (Å²) in [6, 6.07) is 0. The highest BCUT2D eigenvalue weighted by Crippen LogP contribution is 2.09. The fourth-order valence-electron chi connectivity index (χ4n) is 0.721. The molecule has 0 aromatic rings. The fourth-order valence-corrected chi connectivity index (χ4v) is 0.721. The number of rotatable bonds is 5. The van der Waals surface area contributed by atoms with E-state index in [-0.39, 0.29) is 12.5 Å². The van der Waals surface area contributed by atoms with Crippen LogP contribution in [0.25, 0.3) is 0 Å². The first-order valence-electron chi connectivity index (χ1n) is 3.66. The Morgan fingerprint density at radius 3 is 1.93 bits per heavy atom. The predicted octanol–water partition coefficient (Wildman–Crippen LogP) is -2.41. The Bertz CT molecular complexity index is 214. The molecule has 0 aliphatic carbocycles. The molecule has 7 heteroatoms. The van der Waals surface area contributed by atoms with Crippen LogP contribution in [0.1, 0.15) is 0 Å². The average Bonchev–Trinajstić information content (AvgIpc) is 2.23. The number of aliphatic hydroxyl groups excluding tert-OH is 6. The van der Waals surface area contributed by atoms with Gasteiger partial charge in [-0.25, -0.2) is 0 Å². The fraction of sp³-hybridized carbons (Fsp3) is 0.571. The van der Waals surface area contributed by atoms with Gasteiger partial charge in [0.15, 0.2) is 12.0 Å². The van der Waals surface area contributed by atoms with Crippen molar-refractivity contribution in [3.63, 3.8) is 0 Å². The molecule has 0 heterocycles. The average molecular weight is 208 g/mol. The molecular weight excluding hydrogens is 196 g/mol. The second kappa shape index (κ2) is 5.55. The molecule has 0 unspecified atom stereocenters. The van der Waals surface area contributed by atoms with Crippen LogP contribution in [0.15, 0.2) is 12.0 Å². The van der Waals surface area contributed by atoms with E-state index in [9.17, 15) is 4.79 Å². The number of hydrogen-bond acceptors (Lipinski definition) is 7. The van der Waals surface area contributed by atoms with E-state index in [1.54, 1.807) is 0 Å². The Hall–Kier alpha value is -1.15. The van der Waals surface area contributed by atoms with Gasteiger partial charge in [0.2, 0.25) is 0 Å². The number of aldehydes is 1. The first-order valence-corrected chi connectivity index (χ1v) is 3.66. The summed E-state index contributed by atoms with van der Waals surface area (Å²) in [5.74, 6) is -0.991. The largest absolute Gasteiger partial charge is 0.512 e. The molecule has 0 aromatic carbocycles. The van der Waals surface area contributed by atoms with Gasteiger partial charge in [-0.15, -0.1) is 0 Å². The number of carbonyl (C=O) groups is 1. The van der Waals surface area contributed by atoms with Crippen LogP contribution in [0.3, 0.4) is 0 Å². The lowest BCUT2D eigenvalue weighted by atomic mass is 10.0. The van der Waals surface area contributed by atoms with E-state index in [0.29, 0.717) is 0 Å². The van der Waals surface area contributed by atoms with Crippen molar-refractivity contribution in [3.05, 3.63) is 12.0 Å². The molecule has 0 saturated heterocycles. The highest BCUT2D eigenvalue weighted by atomic mass is 16.4. The SMILES string of the molecule is O=C[C@H](O)[C@H](O)[C@@H](O)[C@H](O)/C(O)=C\O. The Labute approximate surface area is 79.2 Å². The third-order valence-corrected chi connectivity index (χ3v) is 1.60. The van der Waals surface area contributed by atoms with Crippen LogP contribution in [0.2, 0.25) is 0 Å². The molecule has 4 atom stereocenters. The summed E-state index contributed by atoms with van der Waals surface area (Å²) in [6.07, 6.45) is -7.73. The summed E-state index contributed by atoms with van der Waals surface area (Å²) in [5, 5.41) is 52.7. The van der Waals surface area contributed by atoms with Crippen molar-refractivity contribution in [2.45, 2.75) is 24.4 Å². The van der Waals surface area contributed by atoms with Crippen molar-refractivity contribution in [2.24, 2.45) is 0 Å². The molecule has 0 aliphatic rings. The Kier molecular flexibility index (Phi) is 5.10. The van der Waals surface area contributed by atoms with E-state index in [4.69, 9.17) is 30.6 Å². The van der Waals surface area contributed by atoms with E-state index < -0.39 is 30.2 Å². The van der Waals surface area contributed by atoms with Gasteiger partial charge in [0.05, 0.1) is 0 Å². The van der Waals surface area contributed by atoms with Crippen LogP contribution in [0.4, 0.5) is 0 Å². The summed E-state index contributed by atoms with van der Waals surface area (Å²) >= 11 is 0.